The molecule has 0 aliphatic heterocycles. The van der Waals surface area contributed by atoms with Crippen LogP contribution in [0.5, 0.6) is 0 Å². The van der Waals surface area contributed by atoms with Gasteiger partial charge in [0.15, 0.2) is 5.43 Å². The minimum absolute atomic E-state index is 0.00800. The Labute approximate surface area is 143 Å². The number of nitrogens with zero attached hydrogens (tertiary/aromatic N) is 1. The van der Waals surface area contributed by atoms with Crippen molar-refractivity contribution in [2.75, 3.05) is 0 Å². The molecule has 0 unspecified atom stereocenters. The average molecular weight is 337 g/mol. The standard InChI is InChI=1S/C19H16FN3O2/c1-12-10-17(24)15(11-22-12)19(25)23-18(16-4-2-3-9-21-16)13-5-7-14(20)8-6-13/h2-11,18H,1H3,(H,22,24)(H,23,25)/t18-/m1/s1. The SMILES string of the molecule is Cc1cc(=O)c(C(=O)N[C@H](c2ccc(F)cc2)c2ccccn2)c[nH]1. The van der Waals surface area contributed by atoms with E-state index < -0.39 is 11.9 Å². The van der Waals surface area contributed by atoms with Gasteiger partial charge in [-0.05, 0) is 36.8 Å². The van der Waals surface area contributed by atoms with Crippen molar-refractivity contribution in [1.82, 2.24) is 15.3 Å². The first-order valence-corrected chi connectivity index (χ1v) is 7.71. The molecule has 0 radical (unpaired) electrons. The highest BCUT2D eigenvalue weighted by atomic mass is 19.1. The molecule has 2 heterocycles. The first-order chi connectivity index (χ1) is 12.0. The maximum Gasteiger partial charge on any atom is 0.257 e. The number of hydrogen-bond donors (Lipinski definition) is 2. The zero-order valence-corrected chi connectivity index (χ0v) is 13.5. The van der Waals surface area contributed by atoms with Crippen LogP contribution in [0.4, 0.5) is 4.39 Å². The summed E-state index contributed by atoms with van der Waals surface area (Å²) in [5, 5.41) is 2.80. The van der Waals surface area contributed by atoms with Gasteiger partial charge in [-0.1, -0.05) is 18.2 Å². The Morgan fingerprint density at radius 1 is 1.20 bits per heavy atom. The van der Waals surface area contributed by atoms with E-state index in [0.29, 0.717) is 17.0 Å². The molecule has 1 aromatic carbocycles. The van der Waals surface area contributed by atoms with E-state index >= 15 is 0 Å². The van der Waals surface area contributed by atoms with Gasteiger partial charge in [-0.15, -0.1) is 0 Å². The number of halogens is 1. The summed E-state index contributed by atoms with van der Waals surface area (Å²) in [5.41, 5.74) is 1.56. The quantitative estimate of drug-likeness (QED) is 0.769. The van der Waals surface area contributed by atoms with Gasteiger partial charge in [0.2, 0.25) is 0 Å². The molecule has 3 rings (SSSR count). The second-order valence-electron chi connectivity index (χ2n) is 5.61. The van der Waals surface area contributed by atoms with Crippen LogP contribution in [0.25, 0.3) is 0 Å². The fourth-order valence-electron chi connectivity index (χ4n) is 2.49. The number of amides is 1. The zero-order chi connectivity index (χ0) is 17.8. The number of pyridine rings is 2. The van der Waals surface area contributed by atoms with Crippen LogP contribution in [0, 0.1) is 12.7 Å². The van der Waals surface area contributed by atoms with Crippen LogP contribution in [0.2, 0.25) is 0 Å². The summed E-state index contributed by atoms with van der Waals surface area (Å²) < 4.78 is 13.2. The molecule has 0 aliphatic carbocycles. The van der Waals surface area contributed by atoms with Crippen LogP contribution >= 0.6 is 0 Å². The highest BCUT2D eigenvalue weighted by Crippen LogP contribution is 2.21. The zero-order valence-electron chi connectivity index (χ0n) is 13.5. The maximum atomic E-state index is 13.2. The molecule has 5 nitrogen and oxygen atoms in total. The lowest BCUT2D eigenvalue weighted by atomic mass is 10.0. The number of aromatic nitrogens is 2. The molecule has 2 aromatic heterocycles. The van der Waals surface area contributed by atoms with Crippen molar-refractivity contribution in [2.24, 2.45) is 0 Å². The van der Waals surface area contributed by atoms with Crippen molar-refractivity contribution in [3.8, 4) is 0 Å². The number of carbonyl (C=O) groups is 1. The molecule has 0 spiro atoms. The van der Waals surface area contributed by atoms with E-state index in [-0.39, 0.29) is 16.8 Å². The largest absolute Gasteiger partial charge is 0.364 e. The Hall–Kier alpha value is -3.28. The van der Waals surface area contributed by atoms with E-state index in [1.807, 2.05) is 0 Å². The van der Waals surface area contributed by atoms with Gasteiger partial charge in [0, 0.05) is 24.2 Å². The fraction of sp³-hybridized carbons (Fsp3) is 0.105. The molecule has 2 N–H and O–H groups in total. The van der Waals surface area contributed by atoms with Crippen LogP contribution in [0.3, 0.4) is 0 Å². The highest BCUT2D eigenvalue weighted by Gasteiger charge is 2.20. The van der Waals surface area contributed by atoms with Gasteiger partial charge < -0.3 is 10.3 Å². The number of carbonyl (C=O) groups excluding carboxylic acids is 1. The maximum absolute atomic E-state index is 13.2. The molecule has 25 heavy (non-hydrogen) atoms. The summed E-state index contributed by atoms with van der Waals surface area (Å²) in [6, 6.07) is 11.9. The molecular formula is C19H16FN3O2. The Morgan fingerprint density at radius 3 is 2.60 bits per heavy atom. The summed E-state index contributed by atoms with van der Waals surface area (Å²) in [6.07, 6.45) is 2.99. The van der Waals surface area contributed by atoms with Gasteiger partial charge in [0.1, 0.15) is 11.4 Å². The minimum atomic E-state index is -0.602. The van der Waals surface area contributed by atoms with Crippen LogP contribution in [0.1, 0.15) is 33.4 Å². The van der Waals surface area contributed by atoms with Crippen molar-refractivity contribution in [2.45, 2.75) is 13.0 Å². The summed E-state index contributed by atoms with van der Waals surface area (Å²) in [5.74, 6) is -0.897. The molecule has 0 aliphatic rings. The smallest absolute Gasteiger partial charge is 0.257 e. The summed E-state index contributed by atoms with van der Waals surface area (Å²) in [7, 11) is 0. The average Bonchev–Trinajstić information content (AvgIpc) is 2.61. The van der Waals surface area contributed by atoms with Crippen molar-refractivity contribution < 1.29 is 9.18 Å². The lowest BCUT2D eigenvalue weighted by Crippen LogP contribution is -2.33. The first-order valence-electron chi connectivity index (χ1n) is 7.71. The summed E-state index contributed by atoms with van der Waals surface area (Å²) >= 11 is 0. The molecule has 0 fully saturated rings. The lowest BCUT2D eigenvalue weighted by molar-refractivity contribution is 0.0941. The fourth-order valence-corrected chi connectivity index (χ4v) is 2.49. The van der Waals surface area contributed by atoms with Crippen molar-refractivity contribution in [3.05, 3.63) is 99.5 Å². The molecule has 0 bridgehead atoms. The van der Waals surface area contributed by atoms with E-state index in [9.17, 15) is 14.0 Å². The van der Waals surface area contributed by atoms with Crippen LogP contribution in [-0.4, -0.2) is 15.9 Å². The van der Waals surface area contributed by atoms with Crippen LogP contribution < -0.4 is 10.7 Å². The second kappa shape index (κ2) is 7.09. The third kappa shape index (κ3) is 3.80. The minimum Gasteiger partial charge on any atom is -0.364 e. The van der Waals surface area contributed by atoms with Gasteiger partial charge in [0.05, 0.1) is 11.7 Å². The number of H-pyrrole nitrogens is 1. The van der Waals surface area contributed by atoms with Gasteiger partial charge in [0.25, 0.3) is 5.91 Å². The topological polar surface area (TPSA) is 74.8 Å². The third-order valence-corrected chi connectivity index (χ3v) is 3.76. The Balaban J connectivity index is 1.96. The normalized spacial score (nSPS) is 11.8. The molecule has 3 aromatic rings. The summed E-state index contributed by atoms with van der Waals surface area (Å²) in [6.45, 7) is 1.73. The van der Waals surface area contributed by atoms with Gasteiger partial charge in [-0.3, -0.25) is 14.6 Å². The molecular weight excluding hydrogens is 321 g/mol. The second-order valence-corrected chi connectivity index (χ2v) is 5.61. The predicted octanol–water partition coefficient (Wildman–Crippen LogP) is 2.74. The Bertz CT molecular complexity index is 937. The van der Waals surface area contributed by atoms with E-state index in [4.69, 9.17) is 0 Å². The molecule has 6 heteroatoms. The number of hydrogen-bond acceptors (Lipinski definition) is 3. The molecule has 1 amide bonds. The number of aryl methyl sites for hydroxylation is 1. The monoisotopic (exact) mass is 337 g/mol. The molecule has 126 valence electrons. The lowest BCUT2D eigenvalue weighted by Gasteiger charge is -2.19. The van der Waals surface area contributed by atoms with E-state index in [1.54, 1.807) is 43.5 Å². The molecule has 0 saturated heterocycles. The highest BCUT2D eigenvalue weighted by molar-refractivity contribution is 5.94. The van der Waals surface area contributed by atoms with Gasteiger partial charge in [-0.25, -0.2) is 4.39 Å². The predicted molar refractivity (Wildman–Crippen MR) is 91.7 cm³/mol. The number of benzene rings is 1. The Kier molecular flexibility index (Phi) is 4.70. The van der Waals surface area contributed by atoms with Gasteiger partial charge in [-0.2, -0.15) is 0 Å². The van der Waals surface area contributed by atoms with Crippen LogP contribution in [-0.2, 0) is 0 Å². The number of nitrogens with one attached hydrogen (secondary N) is 2. The van der Waals surface area contributed by atoms with Gasteiger partial charge >= 0.3 is 0 Å². The van der Waals surface area contributed by atoms with E-state index in [0.717, 1.165) is 0 Å². The first kappa shape index (κ1) is 16.6. The van der Waals surface area contributed by atoms with E-state index in [2.05, 4.69) is 15.3 Å². The molecule has 0 saturated carbocycles. The summed E-state index contributed by atoms with van der Waals surface area (Å²) in [4.78, 5) is 31.7. The van der Waals surface area contributed by atoms with E-state index in [1.165, 1.54) is 24.4 Å². The molecule has 1 atom stereocenters. The van der Waals surface area contributed by atoms with Crippen molar-refractivity contribution >= 4 is 5.91 Å². The van der Waals surface area contributed by atoms with Crippen molar-refractivity contribution in [1.29, 1.82) is 0 Å². The van der Waals surface area contributed by atoms with Crippen LogP contribution in [0.15, 0.2) is 65.7 Å². The number of aromatic amines is 1. The number of rotatable bonds is 4. The van der Waals surface area contributed by atoms with Crippen molar-refractivity contribution in [3.63, 3.8) is 0 Å². The third-order valence-electron chi connectivity index (χ3n) is 3.76. The Morgan fingerprint density at radius 2 is 1.96 bits per heavy atom.